The molecule has 9 rings (SSSR count). The van der Waals surface area contributed by atoms with E-state index in [9.17, 15) is 31.1 Å². The Morgan fingerprint density at radius 1 is 0.580 bits per heavy atom. The molecule has 13 nitrogen and oxygen atoms in total. The first-order valence-corrected chi connectivity index (χ1v) is 30.8. The van der Waals surface area contributed by atoms with Gasteiger partial charge in [0.1, 0.15) is 35.9 Å². The summed E-state index contributed by atoms with van der Waals surface area (Å²) in [6.45, 7) is 23.3. The third-order valence-electron chi connectivity index (χ3n) is 14.7. The summed E-state index contributed by atoms with van der Waals surface area (Å²) in [5, 5.41) is 3.50. The molecule has 482 valence electrons. The monoisotopic (exact) mass is 1250 g/mol. The van der Waals surface area contributed by atoms with Gasteiger partial charge in [0, 0.05) is 70.7 Å². The van der Waals surface area contributed by atoms with E-state index in [1.54, 1.807) is 4.90 Å². The maximum Gasteiger partial charge on any atom is 0.417 e. The minimum absolute atomic E-state index is 0. The molecule has 6 aromatic rings. The van der Waals surface area contributed by atoms with Crippen LogP contribution in [-0.4, -0.2) is 96.9 Å². The lowest BCUT2D eigenvalue weighted by Gasteiger charge is -2.38. The maximum atomic E-state index is 12.8. The Morgan fingerprint density at radius 2 is 1.05 bits per heavy atom. The van der Waals surface area contributed by atoms with Crippen molar-refractivity contribution in [1.29, 1.82) is 0 Å². The number of likely N-dealkylation sites (tertiary alicyclic amines) is 1. The Bertz CT molecular complexity index is 3040. The lowest BCUT2D eigenvalue weighted by molar-refractivity contribution is -0.138. The van der Waals surface area contributed by atoms with Crippen molar-refractivity contribution >= 4 is 23.5 Å². The first kappa shape index (κ1) is 70.0. The average molecular weight is 1250 g/mol. The molecule has 1 N–H and O–H groups in total. The Morgan fingerprint density at radius 3 is 1.47 bits per heavy atom. The fourth-order valence-electron chi connectivity index (χ4n) is 10.00. The van der Waals surface area contributed by atoms with Gasteiger partial charge < -0.3 is 48.3 Å². The molecule has 6 unspecified atom stereocenters. The predicted octanol–water partition coefficient (Wildman–Crippen LogP) is 17.3. The van der Waals surface area contributed by atoms with Gasteiger partial charge in [-0.25, -0.2) is 14.8 Å². The van der Waals surface area contributed by atoms with Gasteiger partial charge in [0.2, 0.25) is 0 Å². The number of hydrogen-bond donors (Lipinski definition) is 1. The molecule has 4 aromatic carbocycles. The van der Waals surface area contributed by atoms with Gasteiger partial charge in [-0.1, -0.05) is 80.9 Å². The number of carbonyl (C=O) groups excluding carboxylic acids is 1. The van der Waals surface area contributed by atoms with Crippen molar-refractivity contribution in [1.82, 2.24) is 20.2 Å². The number of aryl methyl sites for hydroxylation is 3. The van der Waals surface area contributed by atoms with E-state index < -0.39 is 23.5 Å². The van der Waals surface area contributed by atoms with Crippen molar-refractivity contribution in [2.24, 2.45) is 0 Å². The minimum Gasteiger partial charge on any atom is -0.490 e. The number of halogens is 7. The normalized spacial score (nSPS) is 19.2. The second-order valence-electron chi connectivity index (χ2n) is 22.4. The summed E-state index contributed by atoms with van der Waals surface area (Å²) in [5.41, 5.74) is 2.93. The third kappa shape index (κ3) is 22.8. The van der Waals surface area contributed by atoms with E-state index in [0.717, 1.165) is 147 Å². The maximum absolute atomic E-state index is 12.8. The standard InChI is InChI=1S/C24H31NO4.C22H27F3N2O2.C16H25NO2.C6H3ClF3N.H2/c1-4-14-27-23-15-18(2)10-11-22(23)29-21-12-13-25(19(3)16-21)24(26)28-17-20-8-6-5-7-9-20;1-4-11-28-20-12-15(2)5-7-19(20)29-18-9-10-27(16(3)13-18)21-8-6-17(14-26-21)22(23,24)25;1-4-9-18-16-10-12(2)5-6-15(16)19-14-7-8-17-13(3)11-14;7-5-2-1-4(3-11-5)6(8,9)10;/h5-11,15,19,21H,4,12-14,16-17H2,1-3H3;5-8,12,14,16,18H,4,9-11,13H2,1-3H3;5-6,10,13-14,17H,4,7-9,11H2,1-3H3;1-3H;1H. The molecule has 3 aliphatic heterocycles. The predicted molar refractivity (Wildman–Crippen MR) is 335 cm³/mol. The van der Waals surface area contributed by atoms with Crippen LogP contribution >= 0.6 is 11.6 Å². The van der Waals surface area contributed by atoms with Crippen molar-refractivity contribution in [2.75, 3.05) is 44.4 Å². The van der Waals surface area contributed by atoms with Crippen LogP contribution in [0.5, 0.6) is 34.5 Å². The first-order valence-electron chi connectivity index (χ1n) is 30.4. The van der Waals surface area contributed by atoms with Crippen LogP contribution in [0.15, 0.2) is 122 Å². The Labute approximate surface area is 521 Å². The number of hydrogen-bond acceptors (Lipinski definition) is 12. The van der Waals surface area contributed by atoms with E-state index in [2.05, 4.69) is 62.0 Å². The van der Waals surface area contributed by atoms with Crippen LogP contribution in [0, 0.1) is 20.8 Å². The van der Waals surface area contributed by atoms with E-state index in [1.165, 1.54) is 11.6 Å². The number of benzene rings is 4. The second-order valence-corrected chi connectivity index (χ2v) is 22.8. The van der Waals surface area contributed by atoms with Crippen LogP contribution in [0.3, 0.4) is 0 Å². The molecule has 0 saturated carbocycles. The largest absolute Gasteiger partial charge is 0.490 e. The fraction of sp³-hybridized carbons (Fsp3) is 0.485. The zero-order chi connectivity index (χ0) is 63.8. The van der Waals surface area contributed by atoms with E-state index in [-0.39, 0.29) is 37.0 Å². The summed E-state index contributed by atoms with van der Waals surface area (Å²) in [4.78, 5) is 23.7. The van der Waals surface area contributed by atoms with E-state index in [4.69, 9.17) is 44.8 Å². The lowest BCUT2D eigenvalue weighted by atomic mass is 10.0. The number of amides is 1. The molecule has 0 aliphatic carbocycles. The van der Waals surface area contributed by atoms with Gasteiger partial charge in [0.15, 0.2) is 34.5 Å². The molecule has 3 saturated heterocycles. The number of piperidine rings is 3. The molecule has 6 atom stereocenters. The highest BCUT2D eigenvalue weighted by atomic mass is 35.5. The summed E-state index contributed by atoms with van der Waals surface area (Å²) in [5.74, 6) is 5.40. The molecule has 3 fully saturated rings. The number of rotatable bonds is 18. The number of pyridine rings is 2. The molecule has 3 aliphatic rings. The Balaban J connectivity index is 0.000000226. The van der Waals surface area contributed by atoms with Crippen molar-refractivity contribution < 1.29 is 65.7 Å². The molecular formula is C68H88ClF6N5O8. The van der Waals surface area contributed by atoms with Crippen molar-refractivity contribution in [3.8, 4) is 34.5 Å². The first-order chi connectivity index (χ1) is 42.0. The van der Waals surface area contributed by atoms with Gasteiger partial charge in [0.05, 0.1) is 30.9 Å². The Kier molecular flexibility index (Phi) is 27.5. The van der Waals surface area contributed by atoms with Crippen molar-refractivity contribution in [2.45, 2.75) is 175 Å². The van der Waals surface area contributed by atoms with Crippen LogP contribution in [0.1, 0.15) is 134 Å². The van der Waals surface area contributed by atoms with Crippen LogP contribution in [0.4, 0.5) is 37.0 Å². The number of nitrogens with one attached hydrogen (secondary N) is 1. The number of carbonyl (C=O) groups is 1. The smallest absolute Gasteiger partial charge is 0.417 e. The summed E-state index contributed by atoms with van der Waals surface area (Å²) in [6.07, 6.45) is 1.03. The quantitative estimate of drug-likeness (QED) is 0.0650. The highest BCUT2D eigenvalue weighted by molar-refractivity contribution is 6.29. The van der Waals surface area contributed by atoms with Crippen LogP contribution < -0.4 is 38.6 Å². The highest BCUT2D eigenvalue weighted by Gasteiger charge is 2.34. The summed E-state index contributed by atoms with van der Waals surface area (Å²) < 4.78 is 115. The Hall–Kier alpha value is -7.12. The number of ether oxygens (including phenoxy) is 7. The van der Waals surface area contributed by atoms with Crippen LogP contribution in [-0.2, 0) is 23.7 Å². The molecule has 0 radical (unpaired) electrons. The van der Waals surface area contributed by atoms with Gasteiger partial charge >= 0.3 is 18.4 Å². The molecule has 1 amide bonds. The van der Waals surface area contributed by atoms with Gasteiger partial charge in [-0.05, 0) is 163 Å². The molecule has 88 heavy (non-hydrogen) atoms. The SMILES string of the molecule is CCCOc1cc(C)ccc1OC1CCN(C(=O)OCc2ccccc2)C(C)C1.CCCOc1cc(C)ccc1OC1CCN(c2ccc(C(F)(F)F)cn2)C(C)C1.CCCOc1cc(C)ccc1OC1CCNC(C)C1.FC(F)(F)c1ccc(Cl)nc1.[HH]. The van der Waals surface area contributed by atoms with Crippen LogP contribution in [0.2, 0.25) is 5.15 Å². The third-order valence-corrected chi connectivity index (χ3v) is 14.9. The van der Waals surface area contributed by atoms with E-state index >= 15 is 0 Å². The molecular weight excluding hydrogens is 1160 g/mol. The van der Waals surface area contributed by atoms with Crippen molar-refractivity contribution in [3.63, 3.8) is 0 Å². The highest BCUT2D eigenvalue weighted by Crippen LogP contribution is 2.37. The molecule has 0 bridgehead atoms. The topological polar surface area (TPSA) is 126 Å². The summed E-state index contributed by atoms with van der Waals surface area (Å²) >= 11 is 5.28. The fourth-order valence-corrected chi connectivity index (χ4v) is 10.1. The van der Waals surface area contributed by atoms with Gasteiger partial charge in [-0.15, -0.1) is 0 Å². The number of anilines is 1. The van der Waals surface area contributed by atoms with Gasteiger partial charge in [0.25, 0.3) is 0 Å². The minimum atomic E-state index is -4.37. The molecule has 0 spiro atoms. The zero-order valence-corrected chi connectivity index (χ0v) is 52.8. The summed E-state index contributed by atoms with van der Waals surface area (Å²) in [6, 6.07) is 33.1. The van der Waals surface area contributed by atoms with Gasteiger partial charge in [-0.3, -0.25) is 0 Å². The van der Waals surface area contributed by atoms with Crippen molar-refractivity contribution in [3.05, 3.63) is 160 Å². The second kappa shape index (κ2) is 34.6. The number of aromatic nitrogens is 2. The van der Waals surface area contributed by atoms with Crippen LogP contribution in [0.25, 0.3) is 0 Å². The molecule has 20 heteroatoms. The van der Waals surface area contributed by atoms with E-state index in [0.29, 0.717) is 57.1 Å². The lowest BCUT2D eigenvalue weighted by Crippen LogP contribution is -2.47. The molecule has 5 heterocycles. The molecule has 2 aromatic heterocycles. The average Bonchev–Trinajstić information content (AvgIpc) is 2.90. The number of nitrogens with zero attached hydrogens (tertiary/aromatic N) is 4. The van der Waals surface area contributed by atoms with Gasteiger partial charge in [-0.2, -0.15) is 26.3 Å². The van der Waals surface area contributed by atoms with E-state index in [1.807, 2.05) is 105 Å². The zero-order valence-electron chi connectivity index (χ0n) is 52.0. The summed E-state index contributed by atoms with van der Waals surface area (Å²) in [7, 11) is 0. The number of alkyl halides is 6.